The second kappa shape index (κ2) is 5.08. The first-order chi connectivity index (χ1) is 11.8. The van der Waals surface area contributed by atoms with E-state index in [0.717, 1.165) is 40.7 Å². The molecule has 0 saturated carbocycles. The highest BCUT2D eigenvalue weighted by Gasteiger charge is 2.53. The summed E-state index contributed by atoms with van der Waals surface area (Å²) < 4.78 is 0. The van der Waals surface area contributed by atoms with Crippen molar-refractivity contribution in [1.82, 2.24) is 9.88 Å². The maximum absolute atomic E-state index is 13.0. The van der Waals surface area contributed by atoms with Crippen molar-refractivity contribution in [3.05, 3.63) is 77.5 Å². The van der Waals surface area contributed by atoms with Crippen molar-refractivity contribution in [3.8, 4) is 0 Å². The molecule has 1 unspecified atom stereocenters. The van der Waals surface area contributed by atoms with E-state index in [1.165, 1.54) is 5.56 Å². The number of carbonyl (C=O) groups excluding carboxylic acids is 1. The molecule has 0 N–H and O–H groups in total. The first kappa shape index (κ1) is 14.1. The number of hydrogen-bond acceptors (Lipinski definition) is 3. The summed E-state index contributed by atoms with van der Waals surface area (Å²) in [6.45, 7) is 0.803. The smallest absolute Gasteiger partial charge is 0.255 e. The lowest BCUT2D eigenvalue weighted by atomic mass is 9.93. The fourth-order valence-electron chi connectivity index (χ4n) is 4.02. The van der Waals surface area contributed by atoms with E-state index < -0.39 is 4.87 Å². The van der Waals surface area contributed by atoms with Crippen LogP contribution in [-0.4, -0.2) is 28.1 Å². The second-order valence-corrected chi connectivity index (χ2v) is 7.51. The normalized spacial score (nSPS) is 22.5. The van der Waals surface area contributed by atoms with Crippen LogP contribution in [0.5, 0.6) is 0 Å². The third kappa shape index (κ3) is 1.69. The van der Waals surface area contributed by atoms with Gasteiger partial charge in [-0.15, -0.1) is 11.8 Å². The molecule has 1 atom stereocenters. The maximum Gasteiger partial charge on any atom is 0.255 e. The van der Waals surface area contributed by atoms with E-state index in [1.54, 1.807) is 0 Å². The van der Waals surface area contributed by atoms with Crippen LogP contribution in [0.15, 0.2) is 60.8 Å². The van der Waals surface area contributed by atoms with Gasteiger partial charge in [0.25, 0.3) is 5.91 Å². The molecule has 2 aliphatic heterocycles. The van der Waals surface area contributed by atoms with Gasteiger partial charge in [-0.25, -0.2) is 0 Å². The lowest BCUT2D eigenvalue weighted by Crippen LogP contribution is -2.46. The third-order valence-electron chi connectivity index (χ3n) is 5.00. The molecule has 3 aromatic rings. The zero-order valence-electron chi connectivity index (χ0n) is 13.1. The van der Waals surface area contributed by atoms with Gasteiger partial charge in [-0.3, -0.25) is 9.78 Å². The molecule has 0 aliphatic carbocycles. The van der Waals surface area contributed by atoms with E-state index in [2.05, 4.69) is 34.1 Å². The van der Waals surface area contributed by atoms with Gasteiger partial charge in [-0.05, 0) is 30.4 Å². The minimum Gasteiger partial charge on any atom is -0.316 e. The Morgan fingerprint density at radius 2 is 1.88 bits per heavy atom. The number of hydrogen-bond donors (Lipinski definition) is 0. The topological polar surface area (TPSA) is 33.2 Å². The molecule has 4 heteroatoms. The molecule has 3 heterocycles. The summed E-state index contributed by atoms with van der Waals surface area (Å²) in [5, 5.41) is 1.13. The largest absolute Gasteiger partial charge is 0.316 e. The number of carbonyl (C=O) groups is 1. The van der Waals surface area contributed by atoms with Crippen LogP contribution in [0.4, 0.5) is 0 Å². The van der Waals surface area contributed by atoms with Crippen LogP contribution in [-0.2, 0) is 4.87 Å². The van der Waals surface area contributed by atoms with Crippen LogP contribution in [0.2, 0.25) is 0 Å². The van der Waals surface area contributed by atoms with Gasteiger partial charge in [-0.1, -0.05) is 36.4 Å². The van der Waals surface area contributed by atoms with Crippen molar-refractivity contribution >= 4 is 28.6 Å². The number of rotatable bonds is 1. The Labute approximate surface area is 144 Å². The molecule has 1 saturated heterocycles. The van der Waals surface area contributed by atoms with Crippen molar-refractivity contribution in [2.45, 2.75) is 11.3 Å². The maximum atomic E-state index is 13.0. The van der Waals surface area contributed by atoms with Crippen LogP contribution >= 0.6 is 11.8 Å². The molecule has 0 radical (unpaired) electrons. The predicted molar refractivity (Wildman–Crippen MR) is 97.1 cm³/mol. The van der Waals surface area contributed by atoms with E-state index >= 15 is 0 Å². The van der Waals surface area contributed by atoms with Gasteiger partial charge >= 0.3 is 0 Å². The Kier molecular flexibility index (Phi) is 2.98. The average Bonchev–Trinajstić information content (AvgIpc) is 2.92. The van der Waals surface area contributed by atoms with Crippen molar-refractivity contribution in [2.24, 2.45) is 0 Å². The number of pyridine rings is 1. The monoisotopic (exact) mass is 332 g/mol. The molecular weight excluding hydrogens is 316 g/mol. The molecule has 1 amide bonds. The highest BCUT2D eigenvalue weighted by molar-refractivity contribution is 8.00. The fraction of sp³-hybridized carbons (Fsp3) is 0.200. The number of aromatic nitrogens is 1. The Hall–Kier alpha value is -2.33. The van der Waals surface area contributed by atoms with E-state index in [1.807, 2.05) is 48.3 Å². The molecule has 5 rings (SSSR count). The summed E-state index contributed by atoms with van der Waals surface area (Å²) in [4.78, 5) is 19.2. The minimum atomic E-state index is -0.422. The number of thioether (sulfide) groups is 1. The van der Waals surface area contributed by atoms with Gasteiger partial charge in [-0.2, -0.15) is 0 Å². The summed E-state index contributed by atoms with van der Waals surface area (Å²) in [6, 6.07) is 18.4. The molecule has 2 aliphatic rings. The summed E-state index contributed by atoms with van der Waals surface area (Å²) in [7, 11) is 0. The summed E-state index contributed by atoms with van der Waals surface area (Å²) in [5.41, 5.74) is 4.12. The van der Waals surface area contributed by atoms with Crippen molar-refractivity contribution in [1.29, 1.82) is 0 Å². The quantitative estimate of drug-likeness (QED) is 0.674. The third-order valence-corrected chi connectivity index (χ3v) is 6.57. The Morgan fingerprint density at radius 1 is 1.00 bits per heavy atom. The lowest BCUT2D eigenvalue weighted by Gasteiger charge is -2.43. The van der Waals surface area contributed by atoms with Crippen LogP contribution in [0.3, 0.4) is 0 Å². The van der Waals surface area contributed by atoms with Gasteiger partial charge in [0.2, 0.25) is 0 Å². The van der Waals surface area contributed by atoms with Crippen molar-refractivity contribution in [3.63, 3.8) is 0 Å². The number of nitrogens with zero attached hydrogens (tertiary/aromatic N) is 2. The highest BCUT2D eigenvalue weighted by atomic mass is 32.2. The fourth-order valence-corrected chi connectivity index (χ4v) is 5.59. The van der Waals surface area contributed by atoms with E-state index in [9.17, 15) is 4.79 Å². The highest BCUT2D eigenvalue weighted by Crippen LogP contribution is 2.55. The predicted octanol–water partition coefficient (Wildman–Crippen LogP) is 4.03. The molecule has 118 valence electrons. The summed E-state index contributed by atoms with van der Waals surface area (Å²) >= 11 is 1.87. The number of amides is 1. The molecule has 1 fully saturated rings. The van der Waals surface area contributed by atoms with Gasteiger partial charge in [0.15, 0.2) is 0 Å². The molecule has 0 spiro atoms. The average molecular weight is 332 g/mol. The minimum absolute atomic E-state index is 0.152. The van der Waals surface area contributed by atoms with Crippen LogP contribution in [0.25, 0.3) is 10.9 Å². The van der Waals surface area contributed by atoms with Crippen molar-refractivity contribution < 1.29 is 4.79 Å². The van der Waals surface area contributed by atoms with Crippen LogP contribution in [0, 0.1) is 0 Å². The second-order valence-electron chi connectivity index (χ2n) is 6.22. The van der Waals surface area contributed by atoms with E-state index in [0.29, 0.717) is 0 Å². The molecule has 1 aromatic heterocycles. The standard InChI is InChI=1S/C20H16N2OS/c23-19-15-6-1-2-8-17(15)20(22(19)12-5-13-24-20)16-9-3-10-18-14(16)7-4-11-21-18/h1-4,6-11H,5,12-13H2. The van der Waals surface area contributed by atoms with Gasteiger partial charge in [0.05, 0.1) is 5.52 Å². The molecule has 2 aromatic carbocycles. The van der Waals surface area contributed by atoms with Crippen molar-refractivity contribution in [2.75, 3.05) is 12.3 Å². The molecular formula is C20H16N2OS. The lowest BCUT2D eigenvalue weighted by molar-refractivity contribution is 0.0717. The van der Waals surface area contributed by atoms with E-state index in [4.69, 9.17) is 0 Å². The molecule has 24 heavy (non-hydrogen) atoms. The van der Waals surface area contributed by atoms with Gasteiger partial charge in [0, 0.05) is 34.8 Å². The zero-order valence-corrected chi connectivity index (χ0v) is 13.9. The van der Waals surface area contributed by atoms with E-state index in [-0.39, 0.29) is 5.91 Å². The first-order valence-electron chi connectivity index (χ1n) is 8.22. The van der Waals surface area contributed by atoms with Gasteiger partial charge in [0.1, 0.15) is 4.87 Å². The summed E-state index contributed by atoms with van der Waals surface area (Å²) in [5.74, 6) is 1.20. The van der Waals surface area contributed by atoms with Crippen LogP contribution in [0.1, 0.15) is 27.9 Å². The SMILES string of the molecule is O=C1c2ccccc2C2(c3cccc4ncccc34)SCCCN12. The summed E-state index contributed by atoms with van der Waals surface area (Å²) in [6.07, 6.45) is 2.86. The molecule has 0 bridgehead atoms. The van der Waals surface area contributed by atoms with Crippen LogP contribution < -0.4 is 0 Å². The Morgan fingerprint density at radius 3 is 2.83 bits per heavy atom. The first-order valence-corrected chi connectivity index (χ1v) is 9.20. The number of benzene rings is 2. The number of fused-ring (bicyclic) bond motifs is 4. The molecule has 3 nitrogen and oxygen atoms in total. The zero-order chi connectivity index (χ0) is 16.1. The Bertz CT molecular complexity index is 965. The Balaban J connectivity index is 1.88. The van der Waals surface area contributed by atoms with Gasteiger partial charge < -0.3 is 4.90 Å².